The molecular formula is C28H27NO6. The van der Waals surface area contributed by atoms with Gasteiger partial charge in [-0.25, -0.2) is 4.79 Å². The van der Waals surface area contributed by atoms with Gasteiger partial charge in [0.05, 0.1) is 19.8 Å². The van der Waals surface area contributed by atoms with Crippen LogP contribution in [0.15, 0.2) is 66.4 Å². The van der Waals surface area contributed by atoms with Gasteiger partial charge >= 0.3 is 5.97 Å². The lowest BCUT2D eigenvalue weighted by atomic mass is 10.1. The zero-order chi connectivity index (χ0) is 24.9. The number of allylic oxidation sites excluding steroid dienone is 1. The molecule has 1 aliphatic heterocycles. The maximum Gasteiger partial charge on any atom is 0.351 e. The van der Waals surface area contributed by atoms with Crippen LogP contribution >= 0.6 is 0 Å². The Bertz CT molecular complexity index is 1250. The van der Waals surface area contributed by atoms with E-state index >= 15 is 0 Å². The number of anilines is 1. The second-order valence-corrected chi connectivity index (χ2v) is 7.79. The van der Waals surface area contributed by atoms with Gasteiger partial charge < -0.3 is 23.8 Å². The molecule has 0 unspecified atom stereocenters. The van der Waals surface area contributed by atoms with Gasteiger partial charge in [-0.2, -0.15) is 0 Å². The summed E-state index contributed by atoms with van der Waals surface area (Å²) in [6.07, 6.45) is 1.71. The van der Waals surface area contributed by atoms with Crippen molar-refractivity contribution in [1.29, 1.82) is 0 Å². The number of fused-ring (bicyclic) bond motifs is 1. The van der Waals surface area contributed by atoms with E-state index in [-0.39, 0.29) is 22.9 Å². The quantitative estimate of drug-likeness (QED) is 0.247. The zero-order valence-electron chi connectivity index (χ0n) is 20.2. The van der Waals surface area contributed by atoms with Gasteiger partial charge in [-0.05, 0) is 61.9 Å². The van der Waals surface area contributed by atoms with E-state index in [0.717, 1.165) is 24.3 Å². The van der Waals surface area contributed by atoms with Crippen LogP contribution in [0.5, 0.6) is 23.0 Å². The maximum atomic E-state index is 12.9. The van der Waals surface area contributed by atoms with Gasteiger partial charge in [0.25, 0.3) is 0 Å². The molecule has 180 valence electrons. The van der Waals surface area contributed by atoms with Gasteiger partial charge in [0.2, 0.25) is 5.78 Å². The molecule has 0 fully saturated rings. The predicted molar refractivity (Wildman–Crippen MR) is 134 cm³/mol. The number of nitrogens with zero attached hydrogens (tertiary/aromatic N) is 1. The average molecular weight is 474 g/mol. The first-order valence-corrected chi connectivity index (χ1v) is 11.4. The van der Waals surface area contributed by atoms with E-state index in [1.54, 1.807) is 36.4 Å². The molecule has 1 heterocycles. The summed E-state index contributed by atoms with van der Waals surface area (Å²) >= 11 is 0. The van der Waals surface area contributed by atoms with Crippen LogP contribution in [0, 0.1) is 0 Å². The van der Waals surface area contributed by atoms with Crippen molar-refractivity contribution in [3.63, 3.8) is 0 Å². The molecule has 0 bridgehead atoms. The number of esters is 1. The lowest BCUT2D eigenvalue weighted by Crippen LogP contribution is -2.21. The fraction of sp³-hybridized carbons (Fsp3) is 0.214. The number of rotatable bonds is 8. The van der Waals surface area contributed by atoms with Gasteiger partial charge in [0.15, 0.2) is 5.76 Å². The number of carbonyl (C=O) groups is 2. The van der Waals surface area contributed by atoms with Crippen LogP contribution in [0.2, 0.25) is 0 Å². The third-order valence-electron chi connectivity index (χ3n) is 5.80. The van der Waals surface area contributed by atoms with Crippen LogP contribution in [0.25, 0.3) is 6.08 Å². The molecule has 1 aliphatic rings. The molecule has 0 atom stereocenters. The van der Waals surface area contributed by atoms with Crippen LogP contribution < -0.4 is 23.8 Å². The first-order chi connectivity index (χ1) is 17.0. The first-order valence-electron chi connectivity index (χ1n) is 11.4. The molecule has 35 heavy (non-hydrogen) atoms. The van der Waals surface area contributed by atoms with E-state index < -0.39 is 5.97 Å². The summed E-state index contributed by atoms with van der Waals surface area (Å²) in [7, 11) is 2.93. The van der Waals surface area contributed by atoms with E-state index in [1.165, 1.54) is 20.3 Å². The van der Waals surface area contributed by atoms with Gasteiger partial charge in [0.1, 0.15) is 28.6 Å². The fourth-order valence-electron chi connectivity index (χ4n) is 3.96. The van der Waals surface area contributed by atoms with Gasteiger partial charge in [-0.3, -0.25) is 4.79 Å². The van der Waals surface area contributed by atoms with E-state index in [4.69, 9.17) is 18.9 Å². The van der Waals surface area contributed by atoms with Crippen molar-refractivity contribution in [2.45, 2.75) is 13.8 Å². The van der Waals surface area contributed by atoms with E-state index in [2.05, 4.69) is 18.7 Å². The van der Waals surface area contributed by atoms with Gasteiger partial charge in [-0.1, -0.05) is 18.2 Å². The van der Waals surface area contributed by atoms with Crippen molar-refractivity contribution >= 4 is 23.5 Å². The zero-order valence-corrected chi connectivity index (χ0v) is 20.2. The second-order valence-electron chi connectivity index (χ2n) is 7.79. The number of ketones is 1. The number of hydrogen-bond donors (Lipinski definition) is 0. The Hall–Kier alpha value is -4.26. The number of hydrogen-bond acceptors (Lipinski definition) is 7. The van der Waals surface area contributed by atoms with Crippen LogP contribution in [0.1, 0.15) is 40.1 Å². The summed E-state index contributed by atoms with van der Waals surface area (Å²) in [5.41, 5.74) is 2.55. The molecule has 0 radical (unpaired) electrons. The van der Waals surface area contributed by atoms with Gasteiger partial charge in [0, 0.05) is 24.8 Å². The largest absolute Gasteiger partial charge is 0.496 e. The highest BCUT2D eigenvalue weighted by Crippen LogP contribution is 2.36. The lowest BCUT2D eigenvalue weighted by Gasteiger charge is -2.20. The summed E-state index contributed by atoms with van der Waals surface area (Å²) in [5, 5.41) is 0. The highest BCUT2D eigenvalue weighted by atomic mass is 16.5. The van der Waals surface area contributed by atoms with Crippen LogP contribution in [0.4, 0.5) is 5.69 Å². The highest BCUT2D eigenvalue weighted by molar-refractivity contribution is 6.14. The summed E-state index contributed by atoms with van der Waals surface area (Å²) in [4.78, 5) is 27.9. The summed E-state index contributed by atoms with van der Waals surface area (Å²) in [6.45, 7) is 6.06. The molecule has 0 aliphatic carbocycles. The summed E-state index contributed by atoms with van der Waals surface area (Å²) in [6, 6.07) is 17.6. The Morgan fingerprint density at radius 3 is 2.20 bits per heavy atom. The number of ether oxygens (including phenoxy) is 4. The molecule has 0 amide bonds. The van der Waals surface area contributed by atoms with Crippen LogP contribution in [-0.4, -0.2) is 39.1 Å². The smallest absolute Gasteiger partial charge is 0.351 e. The molecule has 0 saturated heterocycles. The molecule has 7 heteroatoms. The molecule has 0 aromatic heterocycles. The predicted octanol–water partition coefficient (Wildman–Crippen LogP) is 5.39. The second kappa shape index (κ2) is 10.3. The Labute approximate surface area is 204 Å². The fourth-order valence-corrected chi connectivity index (χ4v) is 3.96. The van der Waals surface area contributed by atoms with E-state index in [1.807, 2.05) is 24.3 Å². The monoisotopic (exact) mass is 473 g/mol. The third kappa shape index (κ3) is 4.84. The third-order valence-corrected chi connectivity index (χ3v) is 5.80. The van der Waals surface area contributed by atoms with Crippen molar-refractivity contribution in [2.24, 2.45) is 0 Å². The van der Waals surface area contributed by atoms with Crippen molar-refractivity contribution in [3.05, 3.63) is 83.1 Å². The molecule has 3 aromatic carbocycles. The van der Waals surface area contributed by atoms with Crippen molar-refractivity contribution in [2.75, 3.05) is 32.2 Å². The van der Waals surface area contributed by atoms with Gasteiger partial charge in [-0.15, -0.1) is 0 Å². The minimum atomic E-state index is -0.646. The molecule has 3 aromatic rings. The molecule has 7 nitrogen and oxygen atoms in total. The summed E-state index contributed by atoms with van der Waals surface area (Å²) < 4.78 is 21.9. The average Bonchev–Trinajstić information content (AvgIpc) is 3.19. The number of benzene rings is 3. The lowest BCUT2D eigenvalue weighted by molar-refractivity contribution is 0.0727. The van der Waals surface area contributed by atoms with Crippen molar-refractivity contribution < 1.29 is 28.5 Å². The SMILES string of the molecule is CCN(CC)c1ccc(/C=C2\Oc3cc(OC(=O)c4c(OC)cccc4OC)ccc3C2=O)cc1. The van der Waals surface area contributed by atoms with E-state index in [9.17, 15) is 9.59 Å². The first kappa shape index (κ1) is 23.9. The Morgan fingerprint density at radius 1 is 0.943 bits per heavy atom. The standard InChI is InChI=1S/C28H27NO6/c1-5-29(6-2)19-12-10-18(11-13-19)16-25-27(30)21-15-14-20(17-24(21)35-25)34-28(31)26-22(32-3)8-7-9-23(26)33-4/h7-17H,5-6H2,1-4H3/b25-16-. The van der Waals surface area contributed by atoms with Crippen molar-refractivity contribution in [1.82, 2.24) is 0 Å². The Morgan fingerprint density at radius 2 is 1.60 bits per heavy atom. The maximum absolute atomic E-state index is 12.9. The van der Waals surface area contributed by atoms with Crippen LogP contribution in [0.3, 0.4) is 0 Å². The topological polar surface area (TPSA) is 74.3 Å². The molecule has 4 rings (SSSR count). The van der Waals surface area contributed by atoms with Crippen LogP contribution in [-0.2, 0) is 0 Å². The number of carbonyl (C=O) groups excluding carboxylic acids is 2. The number of methoxy groups -OCH3 is 2. The minimum Gasteiger partial charge on any atom is -0.496 e. The molecule has 0 spiro atoms. The molecule has 0 N–H and O–H groups in total. The van der Waals surface area contributed by atoms with E-state index in [0.29, 0.717) is 22.8 Å². The summed E-state index contributed by atoms with van der Waals surface area (Å²) in [5.74, 6) is 0.575. The minimum absolute atomic E-state index is 0.170. The molecular weight excluding hydrogens is 446 g/mol. The number of Topliss-reactive ketones (excluding diaryl/α,β-unsaturated/α-hetero) is 1. The highest BCUT2D eigenvalue weighted by Gasteiger charge is 2.28. The molecule has 0 saturated carbocycles. The van der Waals surface area contributed by atoms with Crippen molar-refractivity contribution in [3.8, 4) is 23.0 Å². The Balaban J connectivity index is 1.53. The Kier molecular flexibility index (Phi) is 7.06. The normalized spacial score (nSPS) is 13.3.